The van der Waals surface area contributed by atoms with Crippen LogP contribution < -0.4 is 5.20 Å². The molecule has 9 nitrogen and oxygen atoms in total. The molecule has 0 aromatic carbocycles. The molecular formula is C3H5N4O5P. The van der Waals surface area contributed by atoms with E-state index >= 15 is 0 Å². The third-order valence-corrected chi connectivity index (χ3v) is 1.52. The zero-order chi connectivity index (χ0) is 10.1. The van der Waals surface area contributed by atoms with Gasteiger partial charge in [-0.2, -0.15) is 5.20 Å². The quantitative estimate of drug-likeness (QED) is 0.344. The first-order chi connectivity index (χ1) is 5.90. The van der Waals surface area contributed by atoms with Gasteiger partial charge in [0.05, 0.1) is 0 Å². The van der Waals surface area contributed by atoms with Gasteiger partial charge in [0.15, 0.2) is 0 Å². The molecule has 0 amide bonds. The van der Waals surface area contributed by atoms with Crippen LogP contribution in [0.3, 0.4) is 0 Å². The molecule has 13 heavy (non-hydrogen) atoms. The predicted molar refractivity (Wildman–Crippen MR) is 40.3 cm³/mol. The SMILES string of the molecule is O=[N+]([O-])c1cncn1NP(=O)(O)O. The Morgan fingerprint density at radius 3 is 2.77 bits per heavy atom. The van der Waals surface area contributed by atoms with Crippen LogP contribution in [0.5, 0.6) is 0 Å². The molecule has 0 bridgehead atoms. The molecule has 0 saturated carbocycles. The molecule has 0 radical (unpaired) electrons. The van der Waals surface area contributed by atoms with Gasteiger partial charge in [-0.3, -0.25) is 0 Å². The Bertz CT molecular complexity index is 368. The summed E-state index contributed by atoms with van der Waals surface area (Å²) in [7, 11) is -4.55. The van der Waals surface area contributed by atoms with Gasteiger partial charge in [-0.25, -0.2) is 9.55 Å². The molecule has 0 fully saturated rings. The first-order valence-electron chi connectivity index (χ1n) is 2.91. The molecule has 0 spiro atoms. The van der Waals surface area contributed by atoms with Crippen LogP contribution in [0, 0.1) is 10.1 Å². The summed E-state index contributed by atoms with van der Waals surface area (Å²) >= 11 is 0. The Morgan fingerprint density at radius 2 is 2.31 bits per heavy atom. The van der Waals surface area contributed by atoms with Crippen LogP contribution in [0.2, 0.25) is 0 Å². The molecule has 0 aliphatic rings. The summed E-state index contributed by atoms with van der Waals surface area (Å²) in [6, 6.07) is 0. The predicted octanol–water partition coefficient (Wildman–Crippen LogP) is -0.573. The summed E-state index contributed by atoms with van der Waals surface area (Å²) in [6.07, 6.45) is 1.75. The topological polar surface area (TPSA) is 131 Å². The molecule has 1 aromatic rings. The number of aromatic nitrogens is 2. The Kier molecular flexibility index (Phi) is 2.32. The minimum atomic E-state index is -4.55. The number of rotatable bonds is 3. The van der Waals surface area contributed by atoms with E-state index in [2.05, 4.69) is 4.98 Å². The maximum atomic E-state index is 10.4. The molecule has 0 atom stereocenters. The van der Waals surface area contributed by atoms with E-state index in [1.807, 2.05) is 0 Å². The molecule has 0 aliphatic heterocycles. The van der Waals surface area contributed by atoms with Crippen LogP contribution in [0.25, 0.3) is 0 Å². The number of hydrogen-bond donors (Lipinski definition) is 3. The highest BCUT2D eigenvalue weighted by molar-refractivity contribution is 7.52. The van der Waals surface area contributed by atoms with Gasteiger partial charge < -0.3 is 19.9 Å². The van der Waals surface area contributed by atoms with Gasteiger partial charge in [-0.15, -0.1) is 4.68 Å². The van der Waals surface area contributed by atoms with Gasteiger partial charge in [0, 0.05) is 0 Å². The van der Waals surface area contributed by atoms with Crippen molar-refractivity contribution in [1.29, 1.82) is 0 Å². The van der Waals surface area contributed by atoms with E-state index < -0.39 is 18.5 Å². The van der Waals surface area contributed by atoms with E-state index in [0.29, 0.717) is 4.68 Å². The Balaban J connectivity index is 2.96. The molecule has 10 heteroatoms. The lowest BCUT2D eigenvalue weighted by molar-refractivity contribution is -0.391. The van der Waals surface area contributed by atoms with E-state index in [1.54, 1.807) is 5.20 Å². The van der Waals surface area contributed by atoms with Crippen molar-refractivity contribution in [3.8, 4) is 0 Å². The van der Waals surface area contributed by atoms with Gasteiger partial charge in [-0.1, -0.05) is 0 Å². The Hall–Kier alpha value is -1.44. The zero-order valence-electron chi connectivity index (χ0n) is 6.06. The van der Waals surface area contributed by atoms with Crippen LogP contribution in [-0.4, -0.2) is 24.4 Å². The zero-order valence-corrected chi connectivity index (χ0v) is 6.96. The van der Waals surface area contributed by atoms with Crippen molar-refractivity contribution in [3.05, 3.63) is 22.6 Å². The highest BCUT2D eigenvalue weighted by Crippen LogP contribution is 2.31. The first-order valence-corrected chi connectivity index (χ1v) is 4.52. The van der Waals surface area contributed by atoms with Crippen LogP contribution in [-0.2, 0) is 4.57 Å². The minimum Gasteiger partial charge on any atom is -0.358 e. The van der Waals surface area contributed by atoms with Gasteiger partial charge in [0.1, 0.15) is 6.20 Å². The third kappa shape index (κ3) is 2.51. The van der Waals surface area contributed by atoms with Gasteiger partial charge in [-0.05, 0) is 4.92 Å². The molecule has 1 heterocycles. The summed E-state index contributed by atoms with van der Waals surface area (Å²) in [5.74, 6) is -0.552. The monoisotopic (exact) mass is 208 g/mol. The number of hydrogen-bond acceptors (Lipinski definition) is 4. The highest BCUT2D eigenvalue weighted by atomic mass is 31.2. The minimum absolute atomic E-state index is 0.542. The van der Waals surface area contributed by atoms with Gasteiger partial charge >= 0.3 is 13.6 Å². The van der Waals surface area contributed by atoms with Crippen molar-refractivity contribution < 1.29 is 19.3 Å². The van der Waals surface area contributed by atoms with Crippen LogP contribution in [0.15, 0.2) is 12.5 Å². The van der Waals surface area contributed by atoms with E-state index in [-0.39, 0.29) is 0 Å². The van der Waals surface area contributed by atoms with Gasteiger partial charge in [0.2, 0.25) is 6.33 Å². The number of imidazole rings is 1. The van der Waals surface area contributed by atoms with Gasteiger partial charge in [0.25, 0.3) is 0 Å². The van der Waals surface area contributed by atoms with E-state index in [4.69, 9.17) is 9.79 Å². The van der Waals surface area contributed by atoms with Crippen LogP contribution >= 0.6 is 7.75 Å². The second-order valence-electron chi connectivity index (χ2n) is 2.02. The largest absolute Gasteiger partial charge is 0.458 e. The molecule has 1 aromatic heterocycles. The molecule has 1 rings (SSSR count). The third-order valence-electron chi connectivity index (χ3n) is 1.04. The van der Waals surface area contributed by atoms with Crippen molar-refractivity contribution in [2.24, 2.45) is 0 Å². The lowest BCUT2D eigenvalue weighted by Gasteiger charge is -2.03. The normalized spacial score (nSPS) is 11.2. The molecule has 0 saturated heterocycles. The summed E-state index contributed by atoms with van der Waals surface area (Å²) in [4.78, 5) is 29.6. The smallest absolute Gasteiger partial charge is 0.358 e. The summed E-state index contributed by atoms with van der Waals surface area (Å²) in [5, 5.41) is 11.8. The molecule has 72 valence electrons. The van der Waals surface area contributed by atoms with E-state index in [9.17, 15) is 14.7 Å². The number of nitro groups is 1. The Labute approximate surface area is 71.4 Å². The second kappa shape index (κ2) is 3.13. The first kappa shape index (κ1) is 9.65. The average Bonchev–Trinajstić information content (AvgIpc) is 2.31. The maximum Gasteiger partial charge on any atom is 0.458 e. The average molecular weight is 208 g/mol. The number of nitrogens with one attached hydrogen (secondary N) is 1. The fourth-order valence-corrected chi connectivity index (χ4v) is 1.08. The standard InChI is InChI=1S/C3H5N4O5P/c8-7(9)3-1-4-2-6(3)5-13(10,11)12/h1-2H,(H3,5,10,11,12). The Morgan fingerprint density at radius 1 is 1.69 bits per heavy atom. The molecule has 0 unspecified atom stereocenters. The molecule has 3 N–H and O–H groups in total. The summed E-state index contributed by atoms with van der Waals surface area (Å²) in [6.45, 7) is 0. The fraction of sp³-hybridized carbons (Fsp3) is 0. The lowest BCUT2D eigenvalue weighted by atomic mass is 10.8. The van der Waals surface area contributed by atoms with E-state index in [1.165, 1.54) is 0 Å². The molecule has 0 aliphatic carbocycles. The highest BCUT2D eigenvalue weighted by Gasteiger charge is 2.21. The summed E-state index contributed by atoms with van der Waals surface area (Å²) < 4.78 is 10.9. The molecular weight excluding hydrogens is 203 g/mol. The maximum absolute atomic E-state index is 10.4. The van der Waals surface area contributed by atoms with Crippen molar-refractivity contribution in [1.82, 2.24) is 9.66 Å². The van der Waals surface area contributed by atoms with Crippen LogP contribution in [0.1, 0.15) is 0 Å². The lowest BCUT2D eigenvalue weighted by Crippen LogP contribution is -2.12. The van der Waals surface area contributed by atoms with E-state index in [0.717, 1.165) is 12.5 Å². The van der Waals surface area contributed by atoms with Crippen molar-refractivity contribution in [3.63, 3.8) is 0 Å². The fourth-order valence-electron chi connectivity index (χ4n) is 0.641. The van der Waals surface area contributed by atoms with Crippen molar-refractivity contribution in [2.75, 3.05) is 5.20 Å². The van der Waals surface area contributed by atoms with Crippen LogP contribution in [0.4, 0.5) is 5.82 Å². The summed E-state index contributed by atoms with van der Waals surface area (Å²) in [5.41, 5.74) is 0. The van der Waals surface area contributed by atoms with Crippen molar-refractivity contribution in [2.45, 2.75) is 0 Å². The number of nitrogens with zero attached hydrogens (tertiary/aromatic N) is 3. The second-order valence-corrected chi connectivity index (χ2v) is 3.31. The van der Waals surface area contributed by atoms with Crippen molar-refractivity contribution >= 4 is 13.6 Å².